The Kier molecular flexibility index (Phi) is 7.21. The van der Waals surface area contributed by atoms with Crippen LogP contribution in [0.4, 0.5) is 4.79 Å². The summed E-state index contributed by atoms with van der Waals surface area (Å²) in [4.78, 5) is 40.0. The molecule has 1 saturated heterocycles. The fraction of sp³-hybridized carbons (Fsp3) is 0.516. The number of carboxylic acid groups (broad SMARTS) is 1. The number of nitrogens with zero attached hydrogens (tertiary/aromatic N) is 1. The summed E-state index contributed by atoms with van der Waals surface area (Å²) in [5.74, 6) is -1.21. The first kappa shape index (κ1) is 26.3. The molecule has 2 aromatic carbocycles. The van der Waals surface area contributed by atoms with Gasteiger partial charge in [0.15, 0.2) is 0 Å². The average molecular weight is 519 g/mol. The molecule has 0 spiro atoms. The Morgan fingerprint density at radius 3 is 2.55 bits per heavy atom. The zero-order chi connectivity index (χ0) is 27.0. The first-order valence-electron chi connectivity index (χ1n) is 13.8. The maximum Gasteiger partial charge on any atom is 0.410 e. The molecule has 3 aliphatic rings. The van der Waals surface area contributed by atoms with Crippen molar-refractivity contribution in [3.63, 3.8) is 0 Å². The molecule has 0 saturated carbocycles. The molecular formula is C31H38N2O5. The van der Waals surface area contributed by atoms with Crippen LogP contribution in [-0.4, -0.2) is 46.2 Å². The van der Waals surface area contributed by atoms with Crippen LogP contribution in [0.3, 0.4) is 0 Å². The van der Waals surface area contributed by atoms with E-state index in [1.54, 1.807) is 4.90 Å². The number of carbonyl (C=O) groups is 3. The normalized spacial score (nSPS) is 24.8. The van der Waals surface area contributed by atoms with Crippen molar-refractivity contribution < 1.29 is 24.2 Å². The third kappa shape index (κ3) is 5.57. The third-order valence-electron chi connectivity index (χ3n) is 8.20. The van der Waals surface area contributed by atoms with Gasteiger partial charge in [0, 0.05) is 12.5 Å². The highest BCUT2D eigenvalue weighted by Gasteiger charge is 2.43. The Labute approximate surface area is 224 Å². The molecule has 0 radical (unpaired) electrons. The first-order valence-corrected chi connectivity index (χ1v) is 13.8. The lowest BCUT2D eigenvalue weighted by atomic mass is 9.82. The molecule has 1 unspecified atom stereocenters. The van der Waals surface area contributed by atoms with Gasteiger partial charge in [-0.25, -0.2) is 4.79 Å². The van der Waals surface area contributed by atoms with E-state index in [1.165, 1.54) is 16.7 Å². The summed E-state index contributed by atoms with van der Waals surface area (Å²) in [5, 5.41) is 12.7. The lowest BCUT2D eigenvalue weighted by Crippen LogP contribution is -2.48. The topological polar surface area (TPSA) is 95.9 Å². The van der Waals surface area contributed by atoms with E-state index in [2.05, 4.69) is 23.5 Å². The molecule has 4 atom stereocenters. The summed E-state index contributed by atoms with van der Waals surface area (Å²) < 4.78 is 5.71. The summed E-state index contributed by atoms with van der Waals surface area (Å²) >= 11 is 0. The maximum absolute atomic E-state index is 13.7. The van der Waals surface area contributed by atoms with Gasteiger partial charge in [-0.15, -0.1) is 0 Å². The predicted molar refractivity (Wildman–Crippen MR) is 144 cm³/mol. The van der Waals surface area contributed by atoms with Gasteiger partial charge < -0.3 is 15.2 Å². The molecule has 2 aliphatic carbocycles. The van der Waals surface area contributed by atoms with Crippen molar-refractivity contribution in [2.45, 2.75) is 89.3 Å². The molecule has 2 amide bonds. The highest BCUT2D eigenvalue weighted by molar-refractivity contribution is 5.87. The number of nitrogens with one attached hydrogen (secondary N) is 1. The largest absolute Gasteiger partial charge is 0.481 e. The lowest BCUT2D eigenvalue weighted by Gasteiger charge is -2.31. The summed E-state index contributed by atoms with van der Waals surface area (Å²) in [6.45, 7) is 5.91. The van der Waals surface area contributed by atoms with Gasteiger partial charge >= 0.3 is 12.1 Å². The number of likely N-dealkylation sites (tertiary alicyclic amines) is 1. The number of aryl methyl sites for hydroxylation is 2. The van der Waals surface area contributed by atoms with Crippen LogP contribution < -0.4 is 5.32 Å². The number of hydrogen-bond acceptors (Lipinski definition) is 4. The second kappa shape index (κ2) is 10.4. The Bertz CT molecular complexity index is 1230. The minimum absolute atomic E-state index is 0.000548. The number of benzene rings is 2. The summed E-state index contributed by atoms with van der Waals surface area (Å²) in [5.41, 5.74) is 5.13. The zero-order valence-electron chi connectivity index (χ0n) is 22.5. The molecule has 2 aromatic rings. The molecule has 38 heavy (non-hydrogen) atoms. The molecule has 5 rings (SSSR count). The molecule has 0 bridgehead atoms. The van der Waals surface area contributed by atoms with Crippen LogP contribution in [0.25, 0.3) is 0 Å². The van der Waals surface area contributed by atoms with Gasteiger partial charge in [0.25, 0.3) is 0 Å². The van der Waals surface area contributed by atoms with E-state index >= 15 is 0 Å². The zero-order valence-corrected chi connectivity index (χ0v) is 22.5. The van der Waals surface area contributed by atoms with Crippen LogP contribution in [0.1, 0.15) is 86.2 Å². The van der Waals surface area contributed by atoms with Gasteiger partial charge in [0.2, 0.25) is 5.91 Å². The minimum atomic E-state index is -0.738. The molecular weight excluding hydrogens is 480 g/mol. The van der Waals surface area contributed by atoms with Crippen LogP contribution in [0.15, 0.2) is 42.5 Å². The van der Waals surface area contributed by atoms with Gasteiger partial charge in [-0.05, 0) is 93.5 Å². The van der Waals surface area contributed by atoms with Gasteiger partial charge in [-0.3, -0.25) is 14.5 Å². The van der Waals surface area contributed by atoms with E-state index in [0.717, 1.165) is 36.8 Å². The number of ether oxygens (including phenoxy) is 1. The number of amides is 2. The SMILES string of the molecule is CC(C)(C)OC(=O)N1C[C@@H](c2ccc3c(c2)CC[C@H](C(=O)O)C3)C[C@H]1C(=O)NC1CCCc2ccccc21. The number of rotatable bonds is 4. The van der Waals surface area contributed by atoms with Crippen molar-refractivity contribution in [2.24, 2.45) is 5.92 Å². The molecule has 1 fully saturated rings. The van der Waals surface area contributed by atoms with Crippen molar-refractivity contribution in [3.8, 4) is 0 Å². The lowest BCUT2D eigenvalue weighted by molar-refractivity contribution is -0.142. The molecule has 1 heterocycles. The highest BCUT2D eigenvalue weighted by Crippen LogP contribution is 2.37. The maximum atomic E-state index is 13.7. The van der Waals surface area contributed by atoms with Gasteiger partial charge in [-0.2, -0.15) is 0 Å². The number of carboxylic acids is 1. The van der Waals surface area contributed by atoms with E-state index in [0.29, 0.717) is 25.8 Å². The van der Waals surface area contributed by atoms with E-state index in [4.69, 9.17) is 4.74 Å². The van der Waals surface area contributed by atoms with Gasteiger partial charge in [0.05, 0.1) is 12.0 Å². The van der Waals surface area contributed by atoms with Gasteiger partial charge in [-0.1, -0.05) is 42.5 Å². The van der Waals surface area contributed by atoms with Crippen LogP contribution in [0.5, 0.6) is 0 Å². The standard InChI is InChI=1S/C31H38N2O5/c1-31(2,3)38-30(37)33-18-24(22-12-11-21-16-23(29(35)36)14-13-20(21)15-22)17-27(33)28(34)32-26-10-6-8-19-7-4-5-9-25(19)26/h4-5,7,9,11-12,15,23-24,26-27H,6,8,10,13-14,16-18H2,1-3H3,(H,32,34)(H,35,36)/t23-,24-,26?,27-/m0/s1. The number of hydrogen-bond donors (Lipinski definition) is 2. The molecule has 7 heteroatoms. The molecule has 1 aliphatic heterocycles. The summed E-state index contributed by atoms with van der Waals surface area (Å²) in [7, 11) is 0. The predicted octanol–water partition coefficient (Wildman–Crippen LogP) is 5.16. The summed E-state index contributed by atoms with van der Waals surface area (Å²) in [6.07, 6.45) is 4.89. The third-order valence-corrected chi connectivity index (χ3v) is 8.20. The smallest absolute Gasteiger partial charge is 0.410 e. The minimum Gasteiger partial charge on any atom is -0.481 e. The van der Waals surface area contributed by atoms with Crippen molar-refractivity contribution in [2.75, 3.05) is 6.54 Å². The van der Waals surface area contributed by atoms with Crippen LogP contribution in [-0.2, 0) is 33.6 Å². The second-order valence-corrected chi connectivity index (χ2v) is 12.0. The van der Waals surface area contributed by atoms with Crippen molar-refractivity contribution >= 4 is 18.0 Å². The Morgan fingerprint density at radius 1 is 1.00 bits per heavy atom. The quantitative estimate of drug-likeness (QED) is 0.583. The Hall–Kier alpha value is -3.35. The molecule has 202 valence electrons. The average Bonchev–Trinajstić information content (AvgIpc) is 3.33. The monoisotopic (exact) mass is 518 g/mol. The van der Waals surface area contributed by atoms with E-state index in [9.17, 15) is 19.5 Å². The van der Waals surface area contributed by atoms with Crippen LogP contribution in [0, 0.1) is 5.92 Å². The number of aliphatic carboxylic acids is 1. The van der Waals surface area contributed by atoms with Crippen molar-refractivity contribution in [1.29, 1.82) is 0 Å². The molecule has 7 nitrogen and oxygen atoms in total. The van der Waals surface area contributed by atoms with E-state index in [-0.39, 0.29) is 23.8 Å². The fourth-order valence-corrected chi connectivity index (χ4v) is 6.26. The van der Waals surface area contributed by atoms with Crippen LogP contribution in [0.2, 0.25) is 0 Å². The Balaban J connectivity index is 1.36. The van der Waals surface area contributed by atoms with Crippen LogP contribution >= 0.6 is 0 Å². The molecule has 0 aromatic heterocycles. The summed E-state index contributed by atoms with van der Waals surface area (Å²) in [6, 6.07) is 13.8. The fourth-order valence-electron chi connectivity index (χ4n) is 6.26. The van der Waals surface area contributed by atoms with E-state index in [1.807, 2.05) is 45.0 Å². The first-order chi connectivity index (χ1) is 18.1. The van der Waals surface area contributed by atoms with E-state index < -0.39 is 23.7 Å². The van der Waals surface area contributed by atoms with Crippen molar-refractivity contribution in [1.82, 2.24) is 10.2 Å². The second-order valence-electron chi connectivity index (χ2n) is 12.0. The number of fused-ring (bicyclic) bond motifs is 2. The molecule has 2 N–H and O–H groups in total. The Morgan fingerprint density at radius 2 is 1.79 bits per heavy atom. The van der Waals surface area contributed by atoms with Gasteiger partial charge in [0.1, 0.15) is 11.6 Å². The number of carbonyl (C=O) groups excluding carboxylic acids is 2. The van der Waals surface area contributed by atoms with Crippen molar-refractivity contribution in [3.05, 3.63) is 70.3 Å². The highest BCUT2D eigenvalue weighted by atomic mass is 16.6.